The average Bonchev–Trinajstić information content (AvgIpc) is 3.35. The zero-order chi connectivity index (χ0) is 22.1. The van der Waals surface area contributed by atoms with E-state index in [1.807, 2.05) is 41.8 Å². The van der Waals surface area contributed by atoms with E-state index in [0.29, 0.717) is 28.0 Å². The Morgan fingerprint density at radius 3 is 2.35 bits per heavy atom. The van der Waals surface area contributed by atoms with E-state index in [2.05, 4.69) is 19.2 Å². The molecule has 0 aliphatic carbocycles. The fourth-order valence-electron chi connectivity index (χ4n) is 3.42. The van der Waals surface area contributed by atoms with Gasteiger partial charge in [-0.05, 0) is 53.3 Å². The predicted octanol–water partition coefficient (Wildman–Crippen LogP) is 5.93. The van der Waals surface area contributed by atoms with Crippen molar-refractivity contribution in [3.63, 3.8) is 0 Å². The number of hydrogen-bond donors (Lipinski definition) is 1. The fraction of sp³-hybridized carbons (Fsp3) is 0.167. The number of nitrogens with one attached hydrogen (secondary N) is 1. The predicted molar refractivity (Wildman–Crippen MR) is 126 cm³/mol. The summed E-state index contributed by atoms with van der Waals surface area (Å²) < 4.78 is 5.18. The number of ether oxygens (including phenoxy) is 1. The van der Waals surface area contributed by atoms with Crippen molar-refractivity contribution in [3.8, 4) is 5.75 Å². The Hall–Kier alpha value is -3.09. The third-order valence-electron chi connectivity index (χ3n) is 5.09. The summed E-state index contributed by atoms with van der Waals surface area (Å²) in [7, 11) is 1.51. The minimum atomic E-state index is -0.428. The zero-order valence-electron chi connectivity index (χ0n) is 17.3. The number of amides is 2. The summed E-state index contributed by atoms with van der Waals surface area (Å²) in [4.78, 5) is 28.6. The Balaban J connectivity index is 1.74. The lowest BCUT2D eigenvalue weighted by atomic mass is 10.0. The quantitative estimate of drug-likeness (QED) is 0.471. The number of thiophene rings is 1. The van der Waals surface area contributed by atoms with Gasteiger partial charge in [0, 0.05) is 10.6 Å². The van der Waals surface area contributed by atoms with Gasteiger partial charge in [0.05, 0.1) is 23.4 Å². The van der Waals surface area contributed by atoms with Crippen LogP contribution in [0.2, 0.25) is 5.02 Å². The van der Waals surface area contributed by atoms with Crippen molar-refractivity contribution >= 4 is 51.7 Å². The first-order chi connectivity index (χ1) is 14.9. The van der Waals surface area contributed by atoms with Gasteiger partial charge in [-0.1, -0.05) is 43.6 Å². The lowest BCUT2D eigenvalue weighted by Crippen LogP contribution is -2.32. The summed E-state index contributed by atoms with van der Waals surface area (Å²) in [5.41, 5.74) is 2.92. The van der Waals surface area contributed by atoms with Crippen LogP contribution in [0, 0.1) is 0 Å². The molecule has 4 rings (SSSR count). The smallest absolute Gasteiger partial charge is 0.282 e. The highest BCUT2D eigenvalue weighted by Crippen LogP contribution is 2.37. The van der Waals surface area contributed by atoms with Crippen LogP contribution in [0.1, 0.15) is 30.2 Å². The van der Waals surface area contributed by atoms with Gasteiger partial charge in [0.15, 0.2) is 0 Å². The summed E-state index contributed by atoms with van der Waals surface area (Å²) in [6.45, 7) is 4.24. The summed E-state index contributed by atoms with van der Waals surface area (Å²) in [5, 5.41) is 5.38. The van der Waals surface area contributed by atoms with E-state index in [-0.39, 0.29) is 5.70 Å². The van der Waals surface area contributed by atoms with Crippen LogP contribution >= 0.6 is 22.9 Å². The molecule has 1 N–H and O–H groups in total. The lowest BCUT2D eigenvalue weighted by Gasteiger charge is -2.16. The minimum Gasteiger partial charge on any atom is -0.495 e. The van der Waals surface area contributed by atoms with E-state index in [9.17, 15) is 9.59 Å². The third-order valence-corrected chi connectivity index (χ3v) is 6.27. The molecule has 5 nitrogen and oxygen atoms in total. The minimum absolute atomic E-state index is 0.247. The first-order valence-corrected chi connectivity index (χ1v) is 11.0. The van der Waals surface area contributed by atoms with Gasteiger partial charge in [0.25, 0.3) is 11.8 Å². The number of benzene rings is 2. The van der Waals surface area contributed by atoms with Gasteiger partial charge in [-0.3, -0.25) is 9.59 Å². The molecular formula is C24H21ClN2O3S. The summed E-state index contributed by atoms with van der Waals surface area (Å²) >= 11 is 7.65. The number of hydrogen-bond acceptors (Lipinski definition) is 5. The van der Waals surface area contributed by atoms with Crippen molar-refractivity contribution in [2.45, 2.75) is 19.8 Å². The van der Waals surface area contributed by atoms with Crippen molar-refractivity contribution in [2.24, 2.45) is 0 Å². The Morgan fingerprint density at radius 2 is 1.77 bits per heavy atom. The van der Waals surface area contributed by atoms with Gasteiger partial charge in [-0.2, -0.15) is 0 Å². The summed E-state index contributed by atoms with van der Waals surface area (Å²) in [6, 6.07) is 16.4. The van der Waals surface area contributed by atoms with Crippen LogP contribution in [0.3, 0.4) is 0 Å². The van der Waals surface area contributed by atoms with Crippen LogP contribution in [-0.2, 0) is 9.59 Å². The second kappa shape index (κ2) is 8.57. The maximum absolute atomic E-state index is 13.4. The molecule has 0 unspecified atom stereocenters. The molecular weight excluding hydrogens is 432 g/mol. The van der Waals surface area contributed by atoms with E-state index in [4.69, 9.17) is 16.3 Å². The van der Waals surface area contributed by atoms with E-state index in [1.165, 1.54) is 24.0 Å². The van der Waals surface area contributed by atoms with E-state index >= 15 is 0 Å². The van der Waals surface area contributed by atoms with Crippen LogP contribution < -0.4 is 15.0 Å². The summed E-state index contributed by atoms with van der Waals surface area (Å²) in [6.07, 6.45) is 0. The molecule has 31 heavy (non-hydrogen) atoms. The number of methoxy groups -OCH3 is 1. The number of nitrogens with zero attached hydrogens (tertiary/aromatic N) is 1. The normalized spacial score (nSPS) is 14.0. The Bertz CT molecular complexity index is 1170. The van der Waals surface area contributed by atoms with Crippen LogP contribution in [-0.4, -0.2) is 18.9 Å². The lowest BCUT2D eigenvalue weighted by molar-refractivity contribution is -0.120. The highest BCUT2D eigenvalue weighted by Gasteiger charge is 2.40. The Labute approximate surface area is 189 Å². The second-order valence-electron chi connectivity index (χ2n) is 7.39. The molecule has 2 amide bonds. The van der Waals surface area contributed by atoms with Crippen molar-refractivity contribution in [3.05, 3.63) is 81.1 Å². The van der Waals surface area contributed by atoms with Gasteiger partial charge >= 0.3 is 0 Å². The fourth-order valence-corrected chi connectivity index (χ4v) is 4.44. The van der Waals surface area contributed by atoms with Gasteiger partial charge in [0.2, 0.25) is 0 Å². The van der Waals surface area contributed by atoms with Crippen LogP contribution in [0.5, 0.6) is 5.75 Å². The van der Waals surface area contributed by atoms with E-state index < -0.39 is 11.8 Å². The molecule has 0 spiro atoms. The molecule has 0 saturated heterocycles. The topological polar surface area (TPSA) is 58.6 Å². The van der Waals surface area contributed by atoms with Crippen LogP contribution in [0.4, 0.5) is 11.4 Å². The molecule has 3 aromatic rings. The number of carbonyl (C=O) groups is 2. The number of rotatable bonds is 6. The molecule has 0 radical (unpaired) electrons. The number of halogens is 1. The largest absolute Gasteiger partial charge is 0.495 e. The van der Waals surface area contributed by atoms with Crippen molar-refractivity contribution in [2.75, 3.05) is 17.3 Å². The first kappa shape index (κ1) is 21.2. The maximum atomic E-state index is 13.4. The third kappa shape index (κ3) is 3.96. The molecule has 2 heterocycles. The SMILES string of the molecule is COc1ccc(N2C(=O)C(Nc3ccc(C(C)C)cc3)=C(c3cccs3)C2=O)cc1Cl. The van der Waals surface area contributed by atoms with Gasteiger partial charge < -0.3 is 10.1 Å². The van der Waals surface area contributed by atoms with E-state index in [0.717, 1.165) is 15.5 Å². The number of anilines is 2. The molecule has 1 aliphatic heterocycles. The highest BCUT2D eigenvalue weighted by atomic mass is 35.5. The number of imide groups is 1. The van der Waals surface area contributed by atoms with Gasteiger partial charge in [-0.15, -0.1) is 11.3 Å². The molecule has 1 aromatic heterocycles. The molecule has 0 atom stereocenters. The van der Waals surface area contributed by atoms with Gasteiger partial charge in [0.1, 0.15) is 11.4 Å². The Morgan fingerprint density at radius 1 is 1.03 bits per heavy atom. The molecule has 0 saturated carbocycles. The standard InChI is InChI=1S/C24H21ClN2O3S/c1-14(2)15-6-8-16(9-7-15)26-22-21(20-5-4-12-31-20)23(28)27(24(22)29)17-10-11-19(30-3)18(25)13-17/h4-14,26H,1-3H3. The highest BCUT2D eigenvalue weighted by molar-refractivity contribution is 7.11. The maximum Gasteiger partial charge on any atom is 0.282 e. The molecule has 0 fully saturated rings. The zero-order valence-corrected chi connectivity index (χ0v) is 18.9. The molecule has 0 bridgehead atoms. The molecule has 1 aliphatic rings. The van der Waals surface area contributed by atoms with Crippen molar-refractivity contribution in [1.82, 2.24) is 0 Å². The molecule has 158 valence electrons. The Kier molecular flexibility index (Phi) is 5.85. The van der Waals surface area contributed by atoms with Crippen molar-refractivity contribution < 1.29 is 14.3 Å². The van der Waals surface area contributed by atoms with E-state index in [1.54, 1.807) is 18.2 Å². The summed E-state index contributed by atoms with van der Waals surface area (Å²) in [5.74, 6) is 0.0528. The molecule has 2 aromatic carbocycles. The van der Waals surface area contributed by atoms with Crippen molar-refractivity contribution in [1.29, 1.82) is 0 Å². The van der Waals surface area contributed by atoms with Crippen LogP contribution in [0.25, 0.3) is 5.57 Å². The van der Waals surface area contributed by atoms with Gasteiger partial charge in [-0.25, -0.2) is 4.90 Å². The first-order valence-electron chi connectivity index (χ1n) is 9.78. The van der Waals surface area contributed by atoms with Crippen LogP contribution in [0.15, 0.2) is 65.7 Å². The average molecular weight is 453 g/mol. The second-order valence-corrected chi connectivity index (χ2v) is 8.75. The monoisotopic (exact) mass is 452 g/mol. The number of carbonyl (C=O) groups excluding carboxylic acids is 2. The molecule has 7 heteroatoms.